The quantitative estimate of drug-likeness (QED) is 0.608. The SMILES string of the molecule is Cc1ccc(NC(=O)c2sc(-c3ccccn3)nc2C)cc1I. The summed E-state index contributed by atoms with van der Waals surface area (Å²) in [4.78, 5) is 21.9. The first-order chi connectivity index (χ1) is 11.0. The van der Waals surface area contributed by atoms with Gasteiger partial charge in [-0.3, -0.25) is 9.78 Å². The van der Waals surface area contributed by atoms with Gasteiger partial charge in [0.1, 0.15) is 9.88 Å². The second-order valence-corrected chi connectivity index (χ2v) is 7.23. The average Bonchev–Trinajstić information content (AvgIpc) is 2.94. The van der Waals surface area contributed by atoms with Crippen LogP contribution in [-0.2, 0) is 0 Å². The number of nitrogens with zero attached hydrogens (tertiary/aromatic N) is 2. The molecule has 1 amide bonds. The minimum atomic E-state index is -0.137. The van der Waals surface area contributed by atoms with E-state index in [-0.39, 0.29) is 5.91 Å². The lowest BCUT2D eigenvalue weighted by Crippen LogP contribution is -2.11. The van der Waals surface area contributed by atoms with Crippen LogP contribution >= 0.6 is 33.9 Å². The van der Waals surface area contributed by atoms with Crippen LogP contribution < -0.4 is 5.32 Å². The molecule has 6 heteroatoms. The summed E-state index contributed by atoms with van der Waals surface area (Å²) in [5.74, 6) is -0.137. The van der Waals surface area contributed by atoms with Crippen LogP contribution in [0.4, 0.5) is 5.69 Å². The molecular weight excluding hydrogens is 421 g/mol. The lowest BCUT2D eigenvalue weighted by molar-refractivity contribution is 0.103. The number of nitrogens with one attached hydrogen (secondary N) is 1. The highest BCUT2D eigenvalue weighted by Gasteiger charge is 2.17. The lowest BCUT2D eigenvalue weighted by atomic mass is 10.2. The van der Waals surface area contributed by atoms with E-state index in [2.05, 4.69) is 37.9 Å². The Morgan fingerprint density at radius 3 is 2.74 bits per heavy atom. The predicted octanol–water partition coefficient (Wildman–Crippen LogP) is 4.68. The van der Waals surface area contributed by atoms with Gasteiger partial charge in [0, 0.05) is 15.5 Å². The summed E-state index contributed by atoms with van der Waals surface area (Å²) in [6, 6.07) is 11.5. The van der Waals surface area contributed by atoms with Crippen LogP contribution in [0.25, 0.3) is 10.7 Å². The zero-order valence-electron chi connectivity index (χ0n) is 12.6. The van der Waals surface area contributed by atoms with Gasteiger partial charge in [0.15, 0.2) is 0 Å². The number of rotatable bonds is 3. The smallest absolute Gasteiger partial charge is 0.267 e. The molecule has 0 atom stereocenters. The van der Waals surface area contributed by atoms with E-state index in [9.17, 15) is 4.79 Å². The highest BCUT2D eigenvalue weighted by molar-refractivity contribution is 14.1. The summed E-state index contributed by atoms with van der Waals surface area (Å²) in [6.07, 6.45) is 1.72. The van der Waals surface area contributed by atoms with E-state index in [1.807, 2.05) is 50.2 Å². The monoisotopic (exact) mass is 435 g/mol. The van der Waals surface area contributed by atoms with Gasteiger partial charge in [0.25, 0.3) is 5.91 Å². The fourth-order valence-electron chi connectivity index (χ4n) is 2.06. The summed E-state index contributed by atoms with van der Waals surface area (Å²) < 4.78 is 1.12. The van der Waals surface area contributed by atoms with Crippen LogP contribution in [0.15, 0.2) is 42.6 Å². The van der Waals surface area contributed by atoms with Crippen molar-refractivity contribution < 1.29 is 4.79 Å². The van der Waals surface area contributed by atoms with Gasteiger partial charge in [-0.1, -0.05) is 12.1 Å². The van der Waals surface area contributed by atoms with Crippen LogP contribution in [0.3, 0.4) is 0 Å². The van der Waals surface area contributed by atoms with E-state index in [0.717, 1.165) is 25.7 Å². The Kier molecular flexibility index (Phi) is 4.72. The van der Waals surface area contributed by atoms with E-state index in [0.29, 0.717) is 4.88 Å². The Labute approximate surface area is 152 Å². The van der Waals surface area contributed by atoms with E-state index in [4.69, 9.17) is 0 Å². The third kappa shape index (κ3) is 3.59. The van der Waals surface area contributed by atoms with Gasteiger partial charge in [0.05, 0.1) is 11.4 Å². The van der Waals surface area contributed by atoms with E-state index in [1.165, 1.54) is 16.9 Å². The molecule has 2 aromatic heterocycles. The first-order valence-corrected chi connectivity index (χ1v) is 8.90. The molecule has 3 aromatic rings. The normalized spacial score (nSPS) is 10.6. The number of hydrogen-bond donors (Lipinski definition) is 1. The number of pyridine rings is 1. The second-order valence-electron chi connectivity index (χ2n) is 5.07. The number of aryl methyl sites for hydroxylation is 2. The minimum absolute atomic E-state index is 0.137. The van der Waals surface area contributed by atoms with Crippen molar-refractivity contribution in [3.05, 3.63) is 62.3 Å². The summed E-state index contributed by atoms with van der Waals surface area (Å²) in [5, 5.41) is 3.69. The number of thiazole rings is 1. The molecular formula is C17H14IN3OS. The molecule has 0 saturated carbocycles. The summed E-state index contributed by atoms with van der Waals surface area (Å²) in [5.41, 5.74) is 3.48. The highest BCUT2D eigenvalue weighted by atomic mass is 127. The number of carbonyl (C=O) groups is 1. The molecule has 0 aliphatic rings. The number of halogens is 1. The number of anilines is 1. The van der Waals surface area contributed by atoms with Crippen molar-refractivity contribution >= 4 is 45.5 Å². The van der Waals surface area contributed by atoms with Crippen molar-refractivity contribution in [2.24, 2.45) is 0 Å². The van der Waals surface area contributed by atoms with Gasteiger partial charge in [-0.05, 0) is 66.3 Å². The first kappa shape index (κ1) is 16.1. The molecule has 0 unspecified atom stereocenters. The maximum atomic E-state index is 12.5. The molecule has 2 heterocycles. The maximum absolute atomic E-state index is 12.5. The van der Waals surface area contributed by atoms with Crippen molar-refractivity contribution in [2.75, 3.05) is 5.32 Å². The van der Waals surface area contributed by atoms with Crippen molar-refractivity contribution in [1.82, 2.24) is 9.97 Å². The van der Waals surface area contributed by atoms with Crippen LogP contribution in [0.1, 0.15) is 20.9 Å². The van der Waals surface area contributed by atoms with Crippen molar-refractivity contribution in [1.29, 1.82) is 0 Å². The molecule has 0 fully saturated rings. The third-order valence-electron chi connectivity index (χ3n) is 3.32. The maximum Gasteiger partial charge on any atom is 0.267 e. The predicted molar refractivity (Wildman–Crippen MR) is 102 cm³/mol. The summed E-state index contributed by atoms with van der Waals surface area (Å²) >= 11 is 3.62. The highest BCUT2D eigenvalue weighted by Crippen LogP contribution is 2.27. The van der Waals surface area contributed by atoms with Gasteiger partial charge < -0.3 is 5.32 Å². The minimum Gasteiger partial charge on any atom is -0.321 e. The Morgan fingerprint density at radius 1 is 1.22 bits per heavy atom. The van der Waals surface area contributed by atoms with E-state index in [1.54, 1.807) is 6.20 Å². The zero-order valence-corrected chi connectivity index (χ0v) is 15.6. The Bertz CT molecular complexity index is 862. The number of amides is 1. The molecule has 0 aliphatic heterocycles. The molecule has 0 bridgehead atoms. The van der Waals surface area contributed by atoms with Crippen molar-refractivity contribution in [2.45, 2.75) is 13.8 Å². The van der Waals surface area contributed by atoms with Crippen molar-refractivity contribution in [3.63, 3.8) is 0 Å². The second kappa shape index (κ2) is 6.76. The van der Waals surface area contributed by atoms with Crippen LogP contribution in [0, 0.1) is 17.4 Å². The van der Waals surface area contributed by atoms with Crippen molar-refractivity contribution in [3.8, 4) is 10.7 Å². The van der Waals surface area contributed by atoms with Gasteiger partial charge in [-0.15, -0.1) is 11.3 Å². The van der Waals surface area contributed by atoms with Gasteiger partial charge in [0.2, 0.25) is 0 Å². The molecule has 4 nitrogen and oxygen atoms in total. The standard InChI is InChI=1S/C17H14IN3OS/c1-10-6-7-12(9-13(10)18)21-16(22)15-11(2)20-17(23-15)14-5-3-4-8-19-14/h3-9H,1-2H3,(H,21,22). The Hall–Kier alpha value is -1.80. The zero-order chi connectivity index (χ0) is 16.4. The number of benzene rings is 1. The lowest BCUT2D eigenvalue weighted by Gasteiger charge is -2.06. The molecule has 116 valence electrons. The summed E-state index contributed by atoms with van der Waals surface area (Å²) in [6.45, 7) is 3.89. The first-order valence-electron chi connectivity index (χ1n) is 7.01. The molecule has 0 spiro atoms. The fourth-order valence-corrected chi connectivity index (χ4v) is 3.52. The Morgan fingerprint density at radius 2 is 2.04 bits per heavy atom. The van der Waals surface area contributed by atoms with Crippen LogP contribution in [0.5, 0.6) is 0 Å². The van der Waals surface area contributed by atoms with Gasteiger partial charge in [-0.25, -0.2) is 4.98 Å². The third-order valence-corrected chi connectivity index (χ3v) is 5.66. The molecule has 1 N–H and O–H groups in total. The number of carbonyl (C=O) groups excluding carboxylic acids is 1. The number of aromatic nitrogens is 2. The van der Waals surface area contributed by atoms with Crippen LogP contribution in [0.2, 0.25) is 0 Å². The van der Waals surface area contributed by atoms with Gasteiger partial charge in [-0.2, -0.15) is 0 Å². The van der Waals surface area contributed by atoms with Gasteiger partial charge >= 0.3 is 0 Å². The molecule has 23 heavy (non-hydrogen) atoms. The summed E-state index contributed by atoms with van der Waals surface area (Å²) in [7, 11) is 0. The number of hydrogen-bond acceptors (Lipinski definition) is 4. The van der Waals surface area contributed by atoms with E-state index >= 15 is 0 Å². The van der Waals surface area contributed by atoms with Crippen LogP contribution in [-0.4, -0.2) is 15.9 Å². The molecule has 0 radical (unpaired) electrons. The topological polar surface area (TPSA) is 54.9 Å². The van der Waals surface area contributed by atoms with E-state index < -0.39 is 0 Å². The molecule has 0 saturated heterocycles. The Balaban J connectivity index is 1.85. The average molecular weight is 435 g/mol. The molecule has 1 aromatic carbocycles. The fraction of sp³-hybridized carbons (Fsp3) is 0.118. The molecule has 0 aliphatic carbocycles. The largest absolute Gasteiger partial charge is 0.321 e. The molecule has 3 rings (SSSR count).